The summed E-state index contributed by atoms with van der Waals surface area (Å²) in [5, 5.41) is 0. The molecule has 2 aromatic heterocycles. The molecule has 1 saturated heterocycles. The number of carbonyl (C=O) groups excluding carboxylic acids is 1. The van der Waals surface area contributed by atoms with Crippen LogP contribution in [0.1, 0.15) is 5.69 Å². The molecule has 3 aromatic rings. The number of imidazole rings is 1. The van der Waals surface area contributed by atoms with E-state index in [0.717, 1.165) is 0 Å². The molecule has 1 fully saturated rings. The van der Waals surface area contributed by atoms with Crippen molar-refractivity contribution >= 4 is 17.2 Å². The van der Waals surface area contributed by atoms with Gasteiger partial charge in [0.25, 0.3) is 0 Å². The molecule has 0 N–H and O–H groups in total. The van der Waals surface area contributed by atoms with Crippen molar-refractivity contribution in [1.82, 2.24) is 14.3 Å². The Kier molecular flexibility index (Phi) is 4.28. The standard InChI is InChI=1S/C19H18F2N4O/c20-14-5-6-18-22-15(13-25(18)12-14)11-19(26)24-9-7-23(8-10-24)17-4-2-1-3-16(17)21/h1-6,12-13H,7-11H2. The third-order valence-corrected chi connectivity index (χ3v) is 4.62. The number of rotatable bonds is 3. The molecule has 134 valence electrons. The number of amides is 1. The number of carbonyl (C=O) groups is 1. The lowest BCUT2D eigenvalue weighted by Gasteiger charge is -2.36. The number of aromatic nitrogens is 2. The minimum absolute atomic E-state index is 0.0259. The molecule has 26 heavy (non-hydrogen) atoms. The van der Waals surface area contributed by atoms with Crippen LogP contribution in [0, 0.1) is 11.6 Å². The second-order valence-electron chi connectivity index (χ2n) is 6.34. The number of benzene rings is 1. The van der Waals surface area contributed by atoms with Crippen LogP contribution in [0.3, 0.4) is 0 Å². The first kappa shape index (κ1) is 16.5. The van der Waals surface area contributed by atoms with E-state index in [1.807, 2.05) is 11.0 Å². The number of para-hydroxylation sites is 1. The number of anilines is 1. The summed E-state index contributed by atoms with van der Waals surface area (Å²) in [6.07, 6.45) is 3.18. The Balaban J connectivity index is 1.39. The van der Waals surface area contributed by atoms with E-state index >= 15 is 0 Å². The molecule has 0 unspecified atom stereocenters. The van der Waals surface area contributed by atoms with Crippen LogP contribution >= 0.6 is 0 Å². The van der Waals surface area contributed by atoms with Gasteiger partial charge in [-0.2, -0.15) is 0 Å². The number of nitrogens with zero attached hydrogens (tertiary/aromatic N) is 4. The monoisotopic (exact) mass is 356 g/mol. The molecule has 0 saturated carbocycles. The van der Waals surface area contributed by atoms with Gasteiger partial charge in [-0.1, -0.05) is 12.1 Å². The zero-order chi connectivity index (χ0) is 18.1. The van der Waals surface area contributed by atoms with Gasteiger partial charge in [-0.3, -0.25) is 4.79 Å². The first-order valence-corrected chi connectivity index (χ1v) is 8.50. The topological polar surface area (TPSA) is 40.9 Å². The second kappa shape index (κ2) is 6.74. The molecule has 1 aliphatic rings. The van der Waals surface area contributed by atoms with Crippen molar-refractivity contribution in [3.05, 3.63) is 66.1 Å². The van der Waals surface area contributed by atoms with Crippen LogP contribution in [0.2, 0.25) is 0 Å². The summed E-state index contributed by atoms with van der Waals surface area (Å²) in [6.45, 7) is 2.25. The van der Waals surface area contributed by atoms with E-state index in [0.29, 0.717) is 43.2 Å². The van der Waals surface area contributed by atoms with Crippen molar-refractivity contribution in [2.24, 2.45) is 0 Å². The molecule has 0 radical (unpaired) electrons. The largest absolute Gasteiger partial charge is 0.366 e. The third-order valence-electron chi connectivity index (χ3n) is 4.62. The summed E-state index contributed by atoms with van der Waals surface area (Å²) in [6, 6.07) is 9.59. The fraction of sp³-hybridized carbons (Fsp3) is 0.263. The summed E-state index contributed by atoms with van der Waals surface area (Å²) < 4.78 is 28.7. The zero-order valence-corrected chi connectivity index (χ0v) is 14.1. The maximum Gasteiger partial charge on any atom is 0.228 e. The minimum Gasteiger partial charge on any atom is -0.366 e. The van der Waals surface area contributed by atoms with Gasteiger partial charge in [-0.05, 0) is 24.3 Å². The lowest BCUT2D eigenvalue weighted by atomic mass is 10.2. The van der Waals surface area contributed by atoms with Crippen LogP contribution < -0.4 is 4.90 Å². The molecular weight excluding hydrogens is 338 g/mol. The van der Waals surface area contributed by atoms with Gasteiger partial charge in [0.2, 0.25) is 5.91 Å². The molecule has 1 aromatic carbocycles. The highest BCUT2D eigenvalue weighted by Gasteiger charge is 2.23. The minimum atomic E-state index is -0.350. The average Bonchev–Trinajstić information content (AvgIpc) is 3.03. The van der Waals surface area contributed by atoms with E-state index in [2.05, 4.69) is 4.98 Å². The van der Waals surface area contributed by atoms with Crippen molar-refractivity contribution in [2.45, 2.75) is 6.42 Å². The Bertz CT molecular complexity index is 948. The van der Waals surface area contributed by atoms with Gasteiger partial charge in [0.05, 0.1) is 17.8 Å². The molecule has 7 heteroatoms. The number of hydrogen-bond donors (Lipinski definition) is 0. The summed E-state index contributed by atoms with van der Waals surface area (Å²) in [5.74, 6) is -0.622. The highest BCUT2D eigenvalue weighted by atomic mass is 19.1. The first-order valence-electron chi connectivity index (χ1n) is 8.50. The number of hydrogen-bond acceptors (Lipinski definition) is 3. The van der Waals surface area contributed by atoms with Crippen LogP contribution in [0.25, 0.3) is 5.65 Å². The van der Waals surface area contributed by atoms with E-state index < -0.39 is 0 Å². The van der Waals surface area contributed by atoms with Crippen molar-refractivity contribution in [3.63, 3.8) is 0 Å². The SMILES string of the molecule is O=C(Cc1cn2cc(F)ccc2n1)N1CCN(c2ccccc2F)CC1. The predicted molar refractivity (Wildman–Crippen MR) is 94.0 cm³/mol. The lowest BCUT2D eigenvalue weighted by molar-refractivity contribution is -0.130. The van der Waals surface area contributed by atoms with Crippen LogP contribution in [0.15, 0.2) is 48.8 Å². The van der Waals surface area contributed by atoms with E-state index in [4.69, 9.17) is 0 Å². The van der Waals surface area contributed by atoms with Gasteiger partial charge in [0.15, 0.2) is 0 Å². The number of piperazine rings is 1. The quantitative estimate of drug-likeness (QED) is 0.724. The van der Waals surface area contributed by atoms with Gasteiger partial charge in [-0.25, -0.2) is 13.8 Å². The molecule has 0 spiro atoms. The molecule has 5 nitrogen and oxygen atoms in total. The summed E-state index contributed by atoms with van der Waals surface area (Å²) in [5.41, 5.74) is 1.79. The van der Waals surface area contributed by atoms with E-state index in [1.54, 1.807) is 33.7 Å². The zero-order valence-electron chi connectivity index (χ0n) is 14.1. The Morgan fingerprint density at radius 2 is 1.77 bits per heavy atom. The molecule has 4 rings (SSSR count). The van der Waals surface area contributed by atoms with Crippen molar-refractivity contribution in [2.75, 3.05) is 31.1 Å². The second-order valence-corrected chi connectivity index (χ2v) is 6.34. The van der Waals surface area contributed by atoms with Gasteiger partial charge in [0.1, 0.15) is 17.3 Å². The van der Waals surface area contributed by atoms with Gasteiger partial charge in [-0.15, -0.1) is 0 Å². The van der Waals surface area contributed by atoms with Crippen LogP contribution in [-0.2, 0) is 11.2 Å². The Labute approximate surface area is 149 Å². The number of halogens is 2. The van der Waals surface area contributed by atoms with Gasteiger partial charge < -0.3 is 14.2 Å². The van der Waals surface area contributed by atoms with Crippen LogP contribution in [0.5, 0.6) is 0 Å². The van der Waals surface area contributed by atoms with Crippen LogP contribution in [0.4, 0.5) is 14.5 Å². The highest BCUT2D eigenvalue weighted by Crippen LogP contribution is 2.20. The fourth-order valence-electron chi connectivity index (χ4n) is 3.27. The van der Waals surface area contributed by atoms with Crippen LogP contribution in [-0.4, -0.2) is 46.4 Å². The molecular formula is C19H18F2N4O. The normalized spacial score (nSPS) is 14.8. The van der Waals surface area contributed by atoms with Crippen molar-refractivity contribution in [3.8, 4) is 0 Å². The molecule has 1 amide bonds. The van der Waals surface area contributed by atoms with Gasteiger partial charge in [0, 0.05) is 38.6 Å². The smallest absolute Gasteiger partial charge is 0.228 e. The first-order chi connectivity index (χ1) is 12.6. The predicted octanol–water partition coefficient (Wildman–Crippen LogP) is 2.50. The van der Waals surface area contributed by atoms with E-state index in [9.17, 15) is 13.6 Å². The van der Waals surface area contributed by atoms with Crippen molar-refractivity contribution in [1.29, 1.82) is 0 Å². The number of pyridine rings is 1. The summed E-state index contributed by atoms with van der Waals surface area (Å²) in [7, 11) is 0. The molecule has 3 heterocycles. The Morgan fingerprint density at radius 3 is 2.54 bits per heavy atom. The molecule has 0 bridgehead atoms. The maximum absolute atomic E-state index is 13.9. The lowest BCUT2D eigenvalue weighted by Crippen LogP contribution is -2.49. The maximum atomic E-state index is 13.9. The Hall–Kier alpha value is -2.96. The van der Waals surface area contributed by atoms with Gasteiger partial charge >= 0.3 is 0 Å². The summed E-state index contributed by atoms with van der Waals surface area (Å²) in [4.78, 5) is 20.6. The van der Waals surface area contributed by atoms with E-state index in [1.165, 1.54) is 18.3 Å². The molecule has 1 aliphatic heterocycles. The highest BCUT2D eigenvalue weighted by molar-refractivity contribution is 5.79. The fourth-order valence-corrected chi connectivity index (χ4v) is 3.27. The average molecular weight is 356 g/mol. The third kappa shape index (κ3) is 3.24. The van der Waals surface area contributed by atoms with E-state index in [-0.39, 0.29) is 24.0 Å². The number of fused-ring (bicyclic) bond motifs is 1. The Morgan fingerprint density at radius 1 is 1.00 bits per heavy atom. The summed E-state index contributed by atoms with van der Waals surface area (Å²) >= 11 is 0. The van der Waals surface area contributed by atoms with Crippen molar-refractivity contribution < 1.29 is 13.6 Å². The molecule has 0 atom stereocenters. The molecule has 0 aliphatic carbocycles.